The second kappa shape index (κ2) is 12.6. The summed E-state index contributed by atoms with van der Waals surface area (Å²) in [5.41, 5.74) is 2.34. The minimum Gasteiger partial charge on any atom is -0.494 e. The zero-order chi connectivity index (χ0) is 25.3. The molecule has 2 aromatic carbocycles. The largest absolute Gasteiger partial charge is 0.494 e. The number of likely N-dealkylation sites (tertiary alicyclic amines) is 1. The molecule has 1 atom stereocenters. The second-order valence-electron chi connectivity index (χ2n) is 8.60. The average molecular weight is 597 g/mol. The molecule has 1 aliphatic rings. The number of ether oxygens (including phenoxy) is 1. The Morgan fingerprint density at radius 1 is 1.19 bits per heavy atom. The van der Waals surface area contributed by atoms with Crippen molar-refractivity contribution in [3.63, 3.8) is 0 Å². The number of fused-ring (bicyclic) bond motifs is 1. The molecule has 3 aromatic rings. The van der Waals surface area contributed by atoms with Crippen molar-refractivity contribution in [1.29, 1.82) is 5.26 Å². The van der Waals surface area contributed by atoms with Crippen LogP contribution in [-0.2, 0) is 11.3 Å². The fourth-order valence-electron chi connectivity index (χ4n) is 4.19. The molecule has 0 radical (unpaired) electrons. The van der Waals surface area contributed by atoms with Gasteiger partial charge < -0.3 is 20.3 Å². The van der Waals surface area contributed by atoms with Gasteiger partial charge in [-0.15, -0.1) is 0 Å². The van der Waals surface area contributed by atoms with Crippen molar-refractivity contribution in [3.8, 4) is 11.8 Å². The Hall–Kier alpha value is -3.23. The summed E-state index contributed by atoms with van der Waals surface area (Å²) in [6.07, 6.45) is 3.89. The van der Waals surface area contributed by atoms with Gasteiger partial charge in [-0.25, -0.2) is 0 Å². The summed E-state index contributed by atoms with van der Waals surface area (Å²) in [5, 5.41) is 16.0. The van der Waals surface area contributed by atoms with Gasteiger partial charge in [0.1, 0.15) is 11.8 Å². The van der Waals surface area contributed by atoms with Crippen LogP contribution >= 0.6 is 22.6 Å². The maximum atomic E-state index is 12.9. The van der Waals surface area contributed by atoms with Crippen LogP contribution in [0.5, 0.6) is 5.75 Å². The molecular weight excluding hydrogens is 569 g/mol. The van der Waals surface area contributed by atoms with Crippen LogP contribution in [0.15, 0.2) is 54.7 Å². The fraction of sp³-hybridized carbons (Fsp3) is 0.333. The number of nitrogens with one attached hydrogen (secondary N) is 2. The van der Waals surface area contributed by atoms with Gasteiger partial charge in [0.2, 0.25) is 5.91 Å². The highest BCUT2D eigenvalue weighted by atomic mass is 127. The van der Waals surface area contributed by atoms with Crippen LogP contribution in [0.1, 0.15) is 35.2 Å². The summed E-state index contributed by atoms with van der Waals surface area (Å²) in [7, 11) is 0. The third-order valence-corrected chi connectivity index (χ3v) is 6.81. The third kappa shape index (κ3) is 6.71. The number of halogens is 1. The van der Waals surface area contributed by atoms with E-state index in [1.165, 1.54) is 14.0 Å². The van der Waals surface area contributed by atoms with Crippen molar-refractivity contribution in [2.75, 3.05) is 26.2 Å². The van der Waals surface area contributed by atoms with Gasteiger partial charge >= 0.3 is 0 Å². The van der Waals surface area contributed by atoms with Crippen molar-refractivity contribution in [2.45, 2.75) is 31.8 Å². The second-order valence-corrected chi connectivity index (χ2v) is 9.85. The highest BCUT2D eigenvalue weighted by Gasteiger charge is 2.28. The molecule has 1 saturated heterocycles. The van der Waals surface area contributed by atoms with E-state index in [0.717, 1.165) is 25.9 Å². The monoisotopic (exact) mass is 597 g/mol. The SMILES string of the molecule is N#C[C@@H]1CCCN1C(=O)CNC(=O)c1ccnc2ccc(OCCCNCc3ccc(I)cc3)cc12. The lowest BCUT2D eigenvalue weighted by Crippen LogP contribution is -2.42. The zero-order valence-corrected chi connectivity index (χ0v) is 22.0. The van der Waals surface area contributed by atoms with Crippen molar-refractivity contribution >= 4 is 45.3 Å². The van der Waals surface area contributed by atoms with Gasteiger partial charge in [-0.1, -0.05) is 12.1 Å². The number of amides is 2. The lowest BCUT2D eigenvalue weighted by atomic mass is 10.1. The number of rotatable bonds is 10. The Morgan fingerprint density at radius 2 is 2.03 bits per heavy atom. The first-order valence-corrected chi connectivity index (χ1v) is 13.1. The van der Waals surface area contributed by atoms with Gasteiger partial charge in [0.25, 0.3) is 5.91 Å². The molecule has 2 heterocycles. The number of hydrogen-bond donors (Lipinski definition) is 2. The number of benzene rings is 2. The lowest BCUT2D eigenvalue weighted by Gasteiger charge is -2.19. The molecule has 1 aromatic heterocycles. The molecule has 186 valence electrons. The first-order valence-electron chi connectivity index (χ1n) is 12.0. The van der Waals surface area contributed by atoms with Crippen molar-refractivity contribution in [2.24, 2.45) is 0 Å². The van der Waals surface area contributed by atoms with Gasteiger partial charge in [0.05, 0.1) is 30.3 Å². The molecular formula is C27H28IN5O3. The molecule has 1 fully saturated rings. The molecule has 36 heavy (non-hydrogen) atoms. The normalized spacial score (nSPS) is 15.0. The van der Waals surface area contributed by atoms with Crippen LogP contribution < -0.4 is 15.4 Å². The zero-order valence-electron chi connectivity index (χ0n) is 19.9. The number of pyridine rings is 1. The first kappa shape index (κ1) is 25.9. The molecule has 0 aliphatic carbocycles. The molecule has 4 rings (SSSR count). The molecule has 0 unspecified atom stereocenters. The summed E-state index contributed by atoms with van der Waals surface area (Å²) in [5.74, 6) is 0.0537. The van der Waals surface area contributed by atoms with E-state index in [2.05, 4.69) is 68.5 Å². The highest BCUT2D eigenvalue weighted by Crippen LogP contribution is 2.23. The van der Waals surface area contributed by atoms with E-state index in [4.69, 9.17) is 4.74 Å². The molecule has 2 amide bonds. The average Bonchev–Trinajstić information content (AvgIpc) is 3.39. The third-order valence-electron chi connectivity index (χ3n) is 6.09. The van der Waals surface area contributed by atoms with Crippen LogP contribution in [0.25, 0.3) is 10.9 Å². The summed E-state index contributed by atoms with van der Waals surface area (Å²) in [4.78, 5) is 31.2. The topological polar surface area (TPSA) is 107 Å². The van der Waals surface area contributed by atoms with E-state index in [1.807, 2.05) is 18.2 Å². The van der Waals surface area contributed by atoms with E-state index in [1.54, 1.807) is 12.3 Å². The maximum Gasteiger partial charge on any atom is 0.252 e. The number of nitriles is 1. The van der Waals surface area contributed by atoms with Gasteiger partial charge in [0.15, 0.2) is 0 Å². The van der Waals surface area contributed by atoms with Crippen LogP contribution in [0.3, 0.4) is 0 Å². The molecule has 9 heteroatoms. The van der Waals surface area contributed by atoms with Crippen LogP contribution in [0.2, 0.25) is 0 Å². The van der Waals surface area contributed by atoms with E-state index in [-0.39, 0.29) is 18.4 Å². The Balaban J connectivity index is 1.29. The number of carbonyl (C=O) groups is 2. The van der Waals surface area contributed by atoms with Crippen molar-refractivity contribution < 1.29 is 14.3 Å². The predicted molar refractivity (Wildman–Crippen MR) is 145 cm³/mol. The molecule has 1 aliphatic heterocycles. The van der Waals surface area contributed by atoms with Crippen LogP contribution in [0, 0.1) is 14.9 Å². The van der Waals surface area contributed by atoms with Crippen LogP contribution in [0.4, 0.5) is 0 Å². The smallest absolute Gasteiger partial charge is 0.252 e. The molecule has 2 N–H and O–H groups in total. The fourth-order valence-corrected chi connectivity index (χ4v) is 4.55. The van der Waals surface area contributed by atoms with Gasteiger partial charge in [-0.3, -0.25) is 14.6 Å². The molecule has 0 saturated carbocycles. The summed E-state index contributed by atoms with van der Waals surface area (Å²) < 4.78 is 7.14. The van der Waals surface area contributed by atoms with Crippen molar-refractivity contribution in [3.05, 3.63) is 69.4 Å². The predicted octanol–water partition coefficient (Wildman–Crippen LogP) is 3.64. The molecule has 0 bridgehead atoms. The summed E-state index contributed by atoms with van der Waals surface area (Å²) in [6, 6.07) is 17.3. The standard InChI is InChI=1S/C27H28IN5O3/c28-20-6-4-19(5-7-20)17-30-11-2-14-36-22-8-9-25-24(15-22)23(10-12-31-25)27(35)32-18-26(34)33-13-1-3-21(33)16-29/h4-10,12,15,21,30H,1-3,11,13-14,17-18H2,(H,32,35)/t21-/m0/s1. The minimum absolute atomic E-state index is 0.147. The Kier molecular flexibility index (Phi) is 9.08. The molecule has 0 spiro atoms. The van der Waals surface area contributed by atoms with E-state index >= 15 is 0 Å². The molecule has 8 nitrogen and oxygen atoms in total. The van der Waals surface area contributed by atoms with Gasteiger partial charge in [0, 0.05) is 28.2 Å². The summed E-state index contributed by atoms with van der Waals surface area (Å²) >= 11 is 2.30. The summed E-state index contributed by atoms with van der Waals surface area (Å²) in [6.45, 7) is 2.58. The van der Waals surface area contributed by atoms with Gasteiger partial charge in [-0.2, -0.15) is 5.26 Å². The quantitative estimate of drug-likeness (QED) is 0.273. The Bertz CT molecular complexity index is 1260. The Morgan fingerprint density at radius 3 is 2.83 bits per heavy atom. The number of aromatic nitrogens is 1. The van der Waals surface area contributed by atoms with Crippen molar-refractivity contribution in [1.82, 2.24) is 20.5 Å². The highest BCUT2D eigenvalue weighted by molar-refractivity contribution is 14.1. The minimum atomic E-state index is -0.409. The van der Waals surface area contributed by atoms with E-state index < -0.39 is 6.04 Å². The maximum absolute atomic E-state index is 12.9. The number of hydrogen-bond acceptors (Lipinski definition) is 6. The number of nitrogens with zero attached hydrogens (tertiary/aromatic N) is 3. The van der Waals surface area contributed by atoms with Gasteiger partial charge in [-0.05, 0) is 90.4 Å². The lowest BCUT2D eigenvalue weighted by molar-refractivity contribution is -0.130. The van der Waals surface area contributed by atoms with E-state index in [9.17, 15) is 14.9 Å². The number of carbonyl (C=O) groups excluding carboxylic acids is 2. The first-order chi connectivity index (χ1) is 17.5. The van der Waals surface area contributed by atoms with E-state index in [0.29, 0.717) is 41.8 Å². The Labute approximate surface area is 224 Å². The van der Waals surface area contributed by atoms with Crippen LogP contribution in [-0.4, -0.2) is 54.0 Å².